The number of benzene rings is 1. The molecule has 0 aromatic heterocycles. The molecule has 0 heterocycles. The van der Waals surface area contributed by atoms with E-state index in [1.54, 1.807) is 0 Å². The van der Waals surface area contributed by atoms with Crippen molar-refractivity contribution in [1.82, 2.24) is 0 Å². The molecular formula is C11H16F2N2. The molecule has 0 unspecified atom stereocenters. The maximum Gasteiger partial charge on any atom is 0.159 e. The van der Waals surface area contributed by atoms with Gasteiger partial charge < -0.3 is 11.5 Å². The topological polar surface area (TPSA) is 52.0 Å². The van der Waals surface area contributed by atoms with Gasteiger partial charge in [0.2, 0.25) is 0 Å². The quantitative estimate of drug-likeness (QED) is 0.737. The summed E-state index contributed by atoms with van der Waals surface area (Å²) in [5, 5.41) is 0. The first kappa shape index (κ1) is 12.1. The number of halogens is 2. The van der Waals surface area contributed by atoms with Gasteiger partial charge in [-0.2, -0.15) is 0 Å². The second kappa shape index (κ2) is 5.78. The molecule has 4 heteroatoms. The van der Waals surface area contributed by atoms with E-state index in [0.717, 1.165) is 31.4 Å². The van der Waals surface area contributed by atoms with E-state index in [4.69, 9.17) is 11.5 Å². The van der Waals surface area contributed by atoms with Gasteiger partial charge >= 0.3 is 0 Å². The molecule has 1 aromatic carbocycles. The monoisotopic (exact) mass is 214 g/mol. The number of hydrogen-bond acceptors (Lipinski definition) is 2. The Morgan fingerprint density at radius 1 is 1.13 bits per heavy atom. The number of unbranched alkanes of at least 4 members (excludes halogenated alkanes) is 1. The van der Waals surface area contributed by atoms with Gasteiger partial charge in [0.05, 0.1) is 0 Å². The van der Waals surface area contributed by atoms with Crippen molar-refractivity contribution in [2.24, 2.45) is 11.5 Å². The Hall–Kier alpha value is -1.00. The second-order valence-electron chi connectivity index (χ2n) is 3.56. The van der Waals surface area contributed by atoms with E-state index in [1.807, 2.05) is 0 Å². The molecule has 0 aliphatic heterocycles. The molecule has 0 fully saturated rings. The van der Waals surface area contributed by atoms with E-state index in [9.17, 15) is 8.78 Å². The highest BCUT2D eigenvalue weighted by Gasteiger charge is 2.08. The van der Waals surface area contributed by atoms with Crippen molar-refractivity contribution in [3.05, 3.63) is 35.4 Å². The van der Waals surface area contributed by atoms with Crippen molar-refractivity contribution < 1.29 is 8.78 Å². The van der Waals surface area contributed by atoms with Crippen LogP contribution in [0.15, 0.2) is 18.2 Å². The summed E-state index contributed by atoms with van der Waals surface area (Å²) in [7, 11) is 0. The Morgan fingerprint density at radius 2 is 1.87 bits per heavy atom. The minimum absolute atomic E-state index is 0.244. The van der Waals surface area contributed by atoms with E-state index in [2.05, 4.69) is 0 Å². The third-order valence-corrected chi connectivity index (χ3v) is 2.34. The van der Waals surface area contributed by atoms with E-state index in [1.165, 1.54) is 6.07 Å². The molecule has 4 N–H and O–H groups in total. The van der Waals surface area contributed by atoms with Crippen molar-refractivity contribution in [3.63, 3.8) is 0 Å². The fourth-order valence-corrected chi connectivity index (χ4v) is 1.42. The first-order valence-corrected chi connectivity index (χ1v) is 5.05. The molecule has 0 radical (unpaired) electrons. The molecule has 15 heavy (non-hydrogen) atoms. The van der Waals surface area contributed by atoms with Gasteiger partial charge in [-0.1, -0.05) is 12.5 Å². The van der Waals surface area contributed by atoms with Crippen molar-refractivity contribution in [2.75, 3.05) is 6.54 Å². The molecule has 0 aliphatic rings. The summed E-state index contributed by atoms with van der Waals surface area (Å²) in [6, 6.07) is 3.54. The molecule has 0 saturated heterocycles. The summed E-state index contributed by atoms with van der Waals surface area (Å²) >= 11 is 0. The highest BCUT2D eigenvalue weighted by molar-refractivity contribution is 5.20. The van der Waals surface area contributed by atoms with Crippen LogP contribution in [0.5, 0.6) is 0 Å². The number of hydrogen-bond donors (Lipinski definition) is 2. The van der Waals surface area contributed by atoms with Gasteiger partial charge in [-0.05, 0) is 37.1 Å². The number of rotatable bonds is 5. The molecule has 2 nitrogen and oxygen atoms in total. The van der Waals surface area contributed by atoms with E-state index in [0.29, 0.717) is 12.1 Å². The second-order valence-corrected chi connectivity index (χ2v) is 3.56. The van der Waals surface area contributed by atoms with Crippen LogP contribution in [0, 0.1) is 11.6 Å². The van der Waals surface area contributed by atoms with Crippen LogP contribution < -0.4 is 11.5 Å². The first-order chi connectivity index (χ1) is 7.15. The normalized spacial score (nSPS) is 12.8. The van der Waals surface area contributed by atoms with Crippen molar-refractivity contribution >= 4 is 0 Å². The Bertz CT molecular complexity index is 315. The summed E-state index contributed by atoms with van der Waals surface area (Å²) in [5.41, 5.74) is 11.8. The van der Waals surface area contributed by atoms with Crippen LogP contribution in [0.1, 0.15) is 30.9 Å². The number of nitrogens with two attached hydrogens (primary N) is 2. The van der Waals surface area contributed by atoms with Gasteiger partial charge in [0.15, 0.2) is 11.6 Å². The van der Waals surface area contributed by atoms with Gasteiger partial charge in [0.25, 0.3) is 0 Å². The maximum absolute atomic E-state index is 12.9. The molecule has 0 saturated carbocycles. The van der Waals surface area contributed by atoms with Crippen LogP contribution >= 0.6 is 0 Å². The smallest absolute Gasteiger partial charge is 0.159 e. The summed E-state index contributed by atoms with van der Waals surface area (Å²) in [4.78, 5) is 0. The Morgan fingerprint density at radius 3 is 2.47 bits per heavy atom. The van der Waals surface area contributed by atoms with Crippen LogP contribution in [-0.4, -0.2) is 6.54 Å². The summed E-state index contributed by atoms with van der Waals surface area (Å²) in [6.07, 6.45) is 2.54. The average molecular weight is 214 g/mol. The van der Waals surface area contributed by atoms with Gasteiger partial charge in [0, 0.05) is 6.04 Å². The SMILES string of the molecule is NCCCC[C@@H](N)c1ccc(F)c(F)c1. The molecule has 84 valence electrons. The predicted molar refractivity (Wildman–Crippen MR) is 56.2 cm³/mol. The van der Waals surface area contributed by atoms with E-state index in [-0.39, 0.29) is 6.04 Å². The van der Waals surface area contributed by atoms with Crippen LogP contribution in [0.25, 0.3) is 0 Å². The van der Waals surface area contributed by atoms with Gasteiger partial charge in [-0.15, -0.1) is 0 Å². The molecule has 0 amide bonds. The minimum atomic E-state index is -0.846. The molecule has 1 atom stereocenters. The average Bonchev–Trinajstić information content (AvgIpc) is 2.22. The lowest BCUT2D eigenvalue weighted by atomic mass is 10.0. The molecule has 1 rings (SSSR count). The molecule has 0 aliphatic carbocycles. The van der Waals surface area contributed by atoms with Gasteiger partial charge in [0.1, 0.15) is 0 Å². The zero-order chi connectivity index (χ0) is 11.3. The lowest BCUT2D eigenvalue weighted by molar-refractivity contribution is 0.502. The van der Waals surface area contributed by atoms with Gasteiger partial charge in [-0.25, -0.2) is 8.78 Å². The molecule has 0 spiro atoms. The largest absolute Gasteiger partial charge is 0.330 e. The standard InChI is InChI=1S/C11H16F2N2/c12-9-5-4-8(7-10(9)13)11(15)3-1-2-6-14/h4-5,7,11H,1-3,6,14-15H2/t11-/m1/s1. The predicted octanol–water partition coefficient (Wildman–Crippen LogP) is 2.09. The minimum Gasteiger partial charge on any atom is -0.330 e. The third-order valence-electron chi connectivity index (χ3n) is 2.34. The highest BCUT2D eigenvalue weighted by Crippen LogP contribution is 2.18. The van der Waals surface area contributed by atoms with Crippen LogP contribution in [0.3, 0.4) is 0 Å². The fourth-order valence-electron chi connectivity index (χ4n) is 1.42. The zero-order valence-electron chi connectivity index (χ0n) is 8.55. The molecule has 0 bridgehead atoms. The summed E-state index contributed by atoms with van der Waals surface area (Å²) in [5.74, 6) is -1.69. The molecule has 1 aromatic rings. The maximum atomic E-state index is 12.9. The van der Waals surface area contributed by atoms with Crippen LogP contribution in [0.4, 0.5) is 8.78 Å². The van der Waals surface area contributed by atoms with E-state index < -0.39 is 11.6 Å². The van der Waals surface area contributed by atoms with Gasteiger partial charge in [-0.3, -0.25) is 0 Å². The molecular weight excluding hydrogens is 198 g/mol. The van der Waals surface area contributed by atoms with E-state index >= 15 is 0 Å². The Balaban J connectivity index is 2.57. The van der Waals surface area contributed by atoms with Crippen molar-refractivity contribution in [3.8, 4) is 0 Å². The van der Waals surface area contributed by atoms with Crippen LogP contribution in [-0.2, 0) is 0 Å². The lowest BCUT2D eigenvalue weighted by Gasteiger charge is -2.11. The Labute approximate surface area is 88.3 Å². The highest BCUT2D eigenvalue weighted by atomic mass is 19.2. The Kier molecular flexibility index (Phi) is 4.65. The van der Waals surface area contributed by atoms with Crippen molar-refractivity contribution in [2.45, 2.75) is 25.3 Å². The summed E-state index contributed by atoms with van der Waals surface area (Å²) in [6.45, 7) is 0.629. The van der Waals surface area contributed by atoms with Crippen LogP contribution in [0.2, 0.25) is 0 Å². The fraction of sp³-hybridized carbons (Fsp3) is 0.455. The lowest BCUT2D eigenvalue weighted by Crippen LogP contribution is -2.11. The zero-order valence-corrected chi connectivity index (χ0v) is 8.55. The summed E-state index contributed by atoms with van der Waals surface area (Å²) < 4.78 is 25.5. The first-order valence-electron chi connectivity index (χ1n) is 5.05. The third kappa shape index (κ3) is 3.57. The van der Waals surface area contributed by atoms with Crippen molar-refractivity contribution in [1.29, 1.82) is 0 Å².